The van der Waals surface area contributed by atoms with Crippen LogP contribution in [0.25, 0.3) is 10.9 Å². The highest BCUT2D eigenvalue weighted by Gasteiger charge is 2.22. The second-order valence-corrected chi connectivity index (χ2v) is 9.69. The van der Waals surface area contributed by atoms with Gasteiger partial charge in [-0.1, -0.05) is 40.9 Å². The first-order valence-corrected chi connectivity index (χ1v) is 12.9. The number of carboxylic acids is 1. The molecule has 1 aromatic heterocycles. The molecule has 0 saturated carbocycles. The highest BCUT2D eigenvalue weighted by molar-refractivity contribution is 9.10. The fourth-order valence-electron chi connectivity index (χ4n) is 3.23. The number of benzene rings is 2. The molecule has 3 aromatic rings. The largest absolute Gasteiger partial charge is 0.490 e. The van der Waals surface area contributed by atoms with Gasteiger partial charge in [-0.05, 0) is 60.5 Å². The van der Waals surface area contributed by atoms with Crippen LogP contribution in [0.4, 0.5) is 0 Å². The van der Waals surface area contributed by atoms with Crippen molar-refractivity contribution in [2.24, 2.45) is 5.10 Å². The number of aromatic nitrogens is 2. The molecule has 8 nitrogen and oxygen atoms in total. The zero-order valence-corrected chi connectivity index (χ0v) is 23.3. The van der Waals surface area contributed by atoms with E-state index in [-0.39, 0.29) is 22.1 Å². The van der Waals surface area contributed by atoms with E-state index in [9.17, 15) is 14.7 Å². The Balaban J connectivity index is 2.13. The van der Waals surface area contributed by atoms with Crippen molar-refractivity contribution in [1.82, 2.24) is 9.66 Å². The maximum Gasteiger partial charge on any atom is 0.344 e. The van der Waals surface area contributed by atoms with E-state index in [0.717, 1.165) is 17.3 Å². The highest BCUT2D eigenvalue weighted by Crippen LogP contribution is 2.42. The summed E-state index contributed by atoms with van der Waals surface area (Å²) in [6, 6.07) is 6.98. The van der Waals surface area contributed by atoms with Crippen LogP contribution >= 0.6 is 43.5 Å². The average Bonchev–Trinajstić information content (AvgIpc) is 2.82. The van der Waals surface area contributed by atoms with Gasteiger partial charge in [-0.15, -0.1) is 0 Å². The van der Waals surface area contributed by atoms with Gasteiger partial charge in [0.05, 0.1) is 23.7 Å². The number of hydrogen-bond donors (Lipinski definition) is 1. The van der Waals surface area contributed by atoms with Crippen LogP contribution in [0.15, 0.2) is 43.1 Å². The van der Waals surface area contributed by atoms with Crippen molar-refractivity contribution in [3.63, 3.8) is 0 Å². The first-order valence-electron chi connectivity index (χ1n) is 11.0. The summed E-state index contributed by atoms with van der Waals surface area (Å²) in [5.74, 6) is -0.232. The molecule has 0 amide bonds. The predicted molar refractivity (Wildman–Crippen MR) is 143 cm³/mol. The molecule has 1 heterocycles. The molecule has 0 spiro atoms. The van der Waals surface area contributed by atoms with Crippen molar-refractivity contribution in [3.05, 3.63) is 60.0 Å². The van der Waals surface area contributed by atoms with Gasteiger partial charge in [-0.3, -0.25) is 4.79 Å². The Morgan fingerprint density at radius 3 is 2.71 bits per heavy atom. The molecule has 186 valence electrons. The Bertz CT molecular complexity index is 1340. The number of carboxylic acid groups (broad SMARTS) is 1. The summed E-state index contributed by atoms with van der Waals surface area (Å²) in [6.45, 7) is 5.54. The number of hydrogen-bond acceptors (Lipinski definition) is 6. The molecule has 0 bridgehead atoms. The lowest BCUT2D eigenvalue weighted by Crippen LogP contribution is -2.23. The van der Waals surface area contributed by atoms with E-state index in [1.54, 1.807) is 25.1 Å². The number of unbranched alkanes of at least 4 members (excludes halogenated alkanes) is 1. The van der Waals surface area contributed by atoms with Gasteiger partial charge in [0.1, 0.15) is 10.8 Å². The van der Waals surface area contributed by atoms with Crippen LogP contribution in [0.5, 0.6) is 11.5 Å². The number of halogens is 3. The van der Waals surface area contributed by atoms with Gasteiger partial charge in [0, 0.05) is 20.9 Å². The van der Waals surface area contributed by atoms with Crippen LogP contribution in [-0.2, 0) is 11.2 Å². The molecule has 1 N–H and O–H groups in total. The van der Waals surface area contributed by atoms with E-state index >= 15 is 0 Å². The topological polar surface area (TPSA) is 103 Å². The van der Waals surface area contributed by atoms with Gasteiger partial charge in [-0.25, -0.2) is 9.78 Å². The van der Waals surface area contributed by atoms with Crippen LogP contribution in [0.3, 0.4) is 0 Å². The third-order valence-electron chi connectivity index (χ3n) is 5.04. The third kappa shape index (κ3) is 6.23. The number of rotatable bonds is 10. The standard InChI is InChI=1S/C24H24Br2ClN3O5/c1-4-6-7-19-29-17-9-8-15(25)11-16(17)23(31)30(19)28-12-14-10-18(34-5-2)22(21(27)20(14)26)35-13(3)24(32)33/h8-13H,4-7H2,1-3H3,(H,32,33)/t13-/m1/s1. The number of ether oxygens (including phenoxy) is 2. The summed E-state index contributed by atoms with van der Waals surface area (Å²) in [5.41, 5.74) is 0.824. The van der Waals surface area contributed by atoms with Gasteiger partial charge in [-0.2, -0.15) is 9.78 Å². The number of carbonyl (C=O) groups is 1. The van der Waals surface area contributed by atoms with Gasteiger partial charge in [0.15, 0.2) is 17.6 Å². The first-order chi connectivity index (χ1) is 16.7. The Labute approximate surface area is 224 Å². The van der Waals surface area contributed by atoms with Crippen LogP contribution in [-0.4, -0.2) is 39.7 Å². The first kappa shape index (κ1) is 27.2. The molecular weight excluding hydrogens is 606 g/mol. The minimum atomic E-state index is -1.14. The maximum absolute atomic E-state index is 13.3. The quantitative estimate of drug-likeness (QED) is 0.274. The summed E-state index contributed by atoms with van der Waals surface area (Å²) < 4.78 is 13.7. The summed E-state index contributed by atoms with van der Waals surface area (Å²) in [7, 11) is 0. The molecule has 0 aliphatic rings. The van der Waals surface area contributed by atoms with E-state index in [4.69, 9.17) is 21.1 Å². The molecule has 0 unspecified atom stereocenters. The van der Waals surface area contributed by atoms with E-state index in [0.29, 0.717) is 39.8 Å². The molecule has 0 saturated heterocycles. The molecule has 35 heavy (non-hydrogen) atoms. The second-order valence-electron chi connectivity index (χ2n) is 7.61. The average molecular weight is 630 g/mol. The lowest BCUT2D eigenvalue weighted by Gasteiger charge is -2.18. The Kier molecular flexibility index (Phi) is 9.32. The minimum Gasteiger partial charge on any atom is -0.490 e. The fourth-order valence-corrected chi connectivity index (χ4v) is 4.23. The lowest BCUT2D eigenvalue weighted by molar-refractivity contribution is -0.144. The number of aryl methyl sites for hydroxylation is 1. The Morgan fingerprint density at radius 1 is 1.31 bits per heavy atom. The second kappa shape index (κ2) is 12.0. The summed E-state index contributed by atoms with van der Waals surface area (Å²) in [4.78, 5) is 29.2. The molecule has 1 atom stereocenters. The van der Waals surface area contributed by atoms with Gasteiger partial charge < -0.3 is 14.6 Å². The fraction of sp³-hybridized carbons (Fsp3) is 0.333. The zero-order valence-electron chi connectivity index (χ0n) is 19.3. The molecule has 2 aromatic carbocycles. The number of aliphatic carboxylic acids is 1. The SMILES string of the molecule is CCCCc1nc2ccc(Br)cc2c(=O)n1N=Cc1cc(OCC)c(O[C@H](C)C(=O)O)c(Cl)c1Br. The number of nitrogens with zero attached hydrogens (tertiary/aromatic N) is 3. The monoisotopic (exact) mass is 627 g/mol. The van der Waals surface area contributed by atoms with Crippen LogP contribution in [0, 0.1) is 0 Å². The maximum atomic E-state index is 13.3. The van der Waals surface area contributed by atoms with Gasteiger partial charge >= 0.3 is 5.97 Å². The molecule has 0 aliphatic carbocycles. The molecule has 0 radical (unpaired) electrons. The van der Waals surface area contributed by atoms with Crippen molar-refractivity contribution >= 4 is 66.5 Å². The molecule has 0 fully saturated rings. The van der Waals surface area contributed by atoms with Crippen LogP contribution < -0.4 is 15.0 Å². The molecular formula is C24H24Br2ClN3O5. The minimum absolute atomic E-state index is 0.102. The van der Waals surface area contributed by atoms with Crippen molar-refractivity contribution in [2.45, 2.75) is 46.1 Å². The zero-order chi connectivity index (χ0) is 25.7. The van der Waals surface area contributed by atoms with Crippen molar-refractivity contribution in [2.75, 3.05) is 6.61 Å². The Hall–Kier alpha value is -2.43. The Morgan fingerprint density at radius 2 is 2.06 bits per heavy atom. The van der Waals surface area contributed by atoms with Gasteiger partial charge in [0.2, 0.25) is 0 Å². The molecule has 0 aliphatic heterocycles. The number of fused-ring (bicyclic) bond motifs is 1. The summed E-state index contributed by atoms with van der Waals surface area (Å²) >= 11 is 13.3. The molecule has 11 heteroatoms. The van der Waals surface area contributed by atoms with Crippen molar-refractivity contribution in [1.29, 1.82) is 0 Å². The summed E-state index contributed by atoms with van der Waals surface area (Å²) in [5, 5.41) is 14.2. The lowest BCUT2D eigenvalue weighted by atomic mass is 10.2. The van der Waals surface area contributed by atoms with Crippen LogP contribution in [0.2, 0.25) is 5.02 Å². The van der Waals surface area contributed by atoms with E-state index in [2.05, 4.69) is 48.9 Å². The normalized spacial score (nSPS) is 12.3. The third-order valence-corrected chi connectivity index (χ3v) is 6.98. The summed E-state index contributed by atoms with van der Waals surface area (Å²) in [6.07, 6.45) is 2.71. The van der Waals surface area contributed by atoms with Crippen LogP contribution in [0.1, 0.15) is 45.0 Å². The smallest absolute Gasteiger partial charge is 0.344 e. The highest BCUT2D eigenvalue weighted by atomic mass is 79.9. The predicted octanol–water partition coefficient (Wildman–Crippen LogP) is 6.05. The van der Waals surface area contributed by atoms with E-state index < -0.39 is 12.1 Å². The van der Waals surface area contributed by atoms with Crippen molar-refractivity contribution in [3.8, 4) is 11.5 Å². The van der Waals surface area contributed by atoms with Crippen molar-refractivity contribution < 1.29 is 19.4 Å². The van der Waals surface area contributed by atoms with E-state index in [1.165, 1.54) is 17.8 Å². The molecule has 3 rings (SSSR count). The van der Waals surface area contributed by atoms with E-state index in [1.807, 2.05) is 6.07 Å². The van der Waals surface area contributed by atoms with Gasteiger partial charge in [0.25, 0.3) is 5.56 Å².